The zero-order chi connectivity index (χ0) is 24.2. The van der Waals surface area contributed by atoms with E-state index in [1.165, 1.54) is 0 Å². The third-order valence-corrected chi connectivity index (χ3v) is 6.55. The van der Waals surface area contributed by atoms with Crippen LogP contribution in [0.5, 0.6) is 0 Å². The number of fused-ring (bicyclic) bond motifs is 1. The van der Waals surface area contributed by atoms with Gasteiger partial charge in [0.15, 0.2) is 0 Å². The first-order valence-electron chi connectivity index (χ1n) is 11.6. The number of likely N-dealkylation sites (tertiary alicyclic amines) is 1. The number of carbonyl (C=O) groups excluding carboxylic acids is 1. The highest BCUT2D eigenvalue weighted by Gasteiger charge is 2.23. The third-order valence-electron chi connectivity index (χ3n) is 6.11. The number of anilines is 3. The number of nitrogens with zero attached hydrogens (tertiary/aromatic N) is 3. The van der Waals surface area contributed by atoms with Crippen LogP contribution in [0.15, 0.2) is 72.8 Å². The van der Waals surface area contributed by atoms with E-state index in [-0.39, 0.29) is 11.9 Å². The van der Waals surface area contributed by atoms with E-state index in [2.05, 4.69) is 15.6 Å². The Labute approximate surface area is 214 Å². The van der Waals surface area contributed by atoms with Gasteiger partial charge in [0.25, 0.3) is 0 Å². The molecule has 1 aliphatic heterocycles. The van der Waals surface area contributed by atoms with Crippen molar-refractivity contribution in [1.29, 1.82) is 0 Å². The monoisotopic (exact) mass is 505 g/mol. The molecule has 1 amide bonds. The van der Waals surface area contributed by atoms with Crippen LogP contribution in [0.1, 0.15) is 18.4 Å². The lowest BCUT2D eigenvalue weighted by molar-refractivity contribution is -0.131. The topological polar surface area (TPSA) is 70.2 Å². The first kappa shape index (κ1) is 23.4. The number of carbonyl (C=O) groups is 1. The molecular formula is C27H25Cl2N5O. The molecule has 0 bridgehead atoms. The molecule has 2 N–H and O–H groups in total. The summed E-state index contributed by atoms with van der Waals surface area (Å²) < 4.78 is 0. The van der Waals surface area contributed by atoms with Crippen LogP contribution in [0.2, 0.25) is 10.0 Å². The highest BCUT2D eigenvalue weighted by molar-refractivity contribution is 6.35. The number of nitrogens with one attached hydrogen (secondary N) is 2. The van der Waals surface area contributed by atoms with E-state index in [9.17, 15) is 4.79 Å². The average Bonchev–Trinajstić information content (AvgIpc) is 2.84. The number of rotatable bonds is 6. The van der Waals surface area contributed by atoms with Crippen molar-refractivity contribution in [3.63, 3.8) is 0 Å². The number of hydrogen-bond acceptors (Lipinski definition) is 5. The number of benzene rings is 3. The van der Waals surface area contributed by atoms with Crippen LogP contribution in [0, 0.1) is 0 Å². The largest absolute Gasteiger partial charge is 0.367 e. The van der Waals surface area contributed by atoms with Crippen molar-refractivity contribution < 1.29 is 4.79 Å². The average molecular weight is 506 g/mol. The SMILES string of the molecule is O=C(Cc1ccccc1)N1CCC(Nc2nc(Nc3cc(Cl)cc(Cl)c3)nc3ccccc23)CC1. The lowest BCUT2D eigenvalue weighted by Crippen LogP contribution is -2.43. The van der Waals surface area contributed by atoms with Crippen molar-refractivity contribution in [2.75, 3.05) is 23.7 Å². The number of hydrogen-bond donors (Lipinski definition) is 2. The van der Waals surface area contributed by atoms with Crippen molar-refractivity contribution in [2.24, 2.45) is 0 Å². The molecule has 0 unspecified atom stereocenters. The molecule has 0 radical (unpaired) electrons. The summed E-state index contributed by atoms with van der Waals surface area (Å²) in [7, 11) is 0. The number of para-hydroxylation sites is 1. The quantitative estimate of drug-likeness (QED) is 0.320. The van der Waals surface area contributed by atoms with Crippen molar-refractivity contribution in [3.05, 3.63) is 88.4 Å². The summed E-state index contributed by atoms with van der Waals surface area (Å²) in [5.41, 5.74) is 2.59. The van der Waals surface area contributed by atoms with E-state index in [4.69, 9.17) is 28.2 Å². The van der Waals surface area contributed by atoms with Crippen molar-refractivity contribution in [3.8, 4) is 0 Å². The van der Waals surface area contributed by atoms with Gasteiger partial charge in [-0.1, -0.05) is 65.7 Å². The van der Waals surface area contributed by atoms with E-state index in [1.807, 2.05) is 59.5 Å². The van der Waals surface area contributed by atoms with Gasteiger partial charge in [-0.25, -0.2) is 4.98 Å². The molecule has 0 spiro atoms. The number of piperidine rings is 1. The first-order valence-corrected chi connectivity index (χ1v) is 12.4. The van der Waals surface area contributed by atoms with Crippen LogP contribution in [0.4, 0.5) is 17.5 Å². The zero-order valence-corrected chi connectivity index (χ0v) is 20.6. The fraction of sp³-hybridized carbons (Fsp3) is 0.222. The predicted octanol–water partition coefficient (Wildman–Crippen LogP) is 6.33. The van der Waals surface area contributed by atoms with Gasteiger partial charge < -0.3 is 15.5 Å². The van der Waals surface area contributed by atoms with E-state index in [0.717, 1.165) is 48.2 Å². The van der Waals surface area contributed by atoms with Crippen LogP contribution in [0.25, 0.3) is 10.9 Å². The second-order valence-electron chi connectivity index (χ2n) is 8.66. The van der Waals surface area contributed by atoms with Gasteiger partial charge in [-0.05, 0) is 48.7 Å². The number of halogens is 2. The Morgan fingerprint density at radius 2 is 1.60 bits per heavy atom. The normalized spacial score (nSPS) is 14.2. The van der Waals surface area contributed by atoms with Crippen LogP contribution < -0.4 is 10.6 Å². The smallest absolute Gasteiger partial charge is 0.229 e. The molecule has 8 heteroatoms. The molecule has 1 aliphatic rings. The zero-order valence-electron chi connectivity index (χ0n) is 19.0. The van der Waals surface area contributed by atoms with Gasteiger partial charge in [0.1, 0.15) is 5.82 Å². The molecule has 0 atom stereocenters. The molecule has 178 valence electrons. The minimum Gasteiger partial charge on any atom is -0.367 e. The van der Waals surface area contributed by atoms with E-state index >= 15 is 0 Å². The highest BCUT2D eigenvalue weighted by atomic mass is 35.5. The van der Waals surface area contributed by atoms with Crippen molar-refractivity contribution in [1.82, 2.24) is 14.9 Å². The summed E-state index contributed by atoms with van der Waals surface area (Å²) in [4.78, 5) is 24.1. The maximum atomic E-state index is 12.7. The standard InChI is InChI=1S/C27H25Cl2N5O/c28-19-15-20(29)17-22(16-19)31-27-32-24-9-5-4-8-23(24)26(33-27)30-21-10-12-34(13-11-21)25(35)14-18-6-2-1-3-7-18/h1-9,15-17,21H,10-14H2,(H2,30,31,32,33). The van der Waals surface area contributed by atoms with Crippen molar-refractivity contribution >= 4 is 57.5 Å². The number of aromatic nitrogens is 2. The van der Waals surface area contributed by atoms with Crippen LogP contribution >= 0.6 is 23.2 Å². The van der Waals surface area contributed by atoms with E-state index < -0.39 is 0 Å². The summed E-state index contributed by atoms with van der Waals surface area (Å²) in [6, 6.07) is 23.2. The lowest BCUT2D eigenvalue weighted by atomic mass is 10.0. The Bertz CT molecular complexity index is 1320. The van der Waals surface area contributed by atoms with Gasteiger partial charge in [0.2, 0.25) is 11.9 Å². The molecule has 35 heavy (non-hydrogen) atoms. The minimum absolute atomic E-state index is 0.175. The Morgan fingerprint density at radius 3 is 2.34 bits per heavy atom. The van der Waals surface area contributed by atoms with Crippen LogP contribution in [0.3, 0.4) is 0 Å². The van der Waals surface area contributed by atoms with E-state index in [0.29, 0.717) is 28.1 Å². The molecule has 3 aromatic carbocycles. The summed E-state index contributed by atoms with van der Waals surface area (Å²) in [6.07, 6.45) is 2.15. The first-order chi connectivity index (χ1) is 17.0. The van der Waals surface area contributed by atoms with Gasteiger partial charge in [0, 0.05) is 40.3 Å². The Morgan fingerprint density at radius 1 is 0.914 bits per heavy atom. The van der Waals surface area contributed by atoms with Crippen LogP contribution in [-0.2, 0) is 11.2 Å². The van der Waals surface area contributed by atoms with Crippen LogP contribution in [-0.4, -0.2) is 39.9 Å². The second kappa shape index (κ2) is 10.5. The third kappa shape index (κ3) is 5.84. The van der Waals surface area contributed by atoms with Gasteiger partial charge in [-0.2, -0.15) is 4.98 Å². The summed E-state index contributed by atoms with van der Waals surface area (Å²) >= 11 is 12.3. The molecule has 1 saturated heterocycles. The Kier molecular flexibility index (Phi) is 7.02. The van der Waals surface area contributed by atoms with Gasteiger partial charge in [-0.3, -0.25) is 4.79 Å². The van der Waals surface area contributed by atoms with E-state index in [1.54, 1.807) is 18.2 Å². The minimum atomic E-state index is 0.175. The maximum Gasteiger partial charge on any atom is 0.229 e. The van der Waals surface area contributed by atoms with Crippen molar-refractivity contribution in [2.45, 2.75) is 25.3 Å². The lowest BCUT2D eigenvalue weighted by Gasteiger charge is -2.33. The summed E-state index contributed by atoms with van der Waals surface area (Å²) in [5.74, 6) is 1.40. The molecule has 0 saturated carbocycles. The predicted molar refractivity (Wildman–Crippen MR) is 143 cm³/mol. The van der Waals surface area contributed by atoms with Gasteiger partial charge in [0.05, 0.1) is 11.9 Å². The molecule has 1 fully saturated rings. The molecule has 0 aliphatic carbocycles. The molecular weight excluding hydrogens is 481 g/mol. The highest BCUT2D eigenvalue weighted by Crippen LogP contribution is 2.28. The van der Waals surface area contributed by atoms with Gasteiger partial charge >= 0.3 is 0 Å². The number of amides is 1. The molecule has 2 heterocycles. The Balaban J connectivity index is 1.29. The summed E-state index contributed by atoms with van der Waals surface area (Å²) in [5, 5.41) is 8.84. The second-order valence-corrected chi connectivity index (χ2v) is 9.53. The molecule has 6 nitrogen and oxygen atoms in total. The Hall–Kier alpha value is -3.35. The summed E-state index contributed by atoms with van der Waals surface area (Å²) in [6.45, 7) is 1.44. The maximum absolute atomic E-state index is 12.7. The molecule has 5 rings (SSSR count). The molecule has 4 aromatic rings. The fourth-order valence-electron chi connectivity index (χ4n) is 4.35. The van der Waals surface area contributed by atoms with Gasteiger partial charge in [-0.15, -0.1) is 0 Å². The fourth-order valence-corrected chi connectivity index (χ4v) is 4.87. The molecule has 1 aromatic heterocycles.